The van der Waals surface area contributed by atoms with E-state index in [2.05, 4.69) is 11.7 Å². The molecule has 1 fully saturated rings. The van der Waals surface area contributed by atoms with E-state index in [4.69, 9.17) is 0 Å². The molecule has 0 aliphatic heterocycles. The van der Waals surface area contributed by atoms with Gasteiger partial charge in [0.15, 0.2) is 11.6 Å². The monoisotopic (exact) mass is 390 g/mol. The fraction of sp³-hybridized carbons (Fsp3) is 0.500. The Balaban J connectivity index is 1.69. The highest BCUT2D eigenvalue weighted by Crippen LogP contribution is 2.39. The van der Waals surface area contributed by atoms with Gasteiger partial charge in [0.1, 0.15) is 5.82 Å². The van der Waals surface area contributed by atoms with Crippen LogP contribution in [0.4, 0.5) is 13.2 Å². The maximum absolute atomic E-state index is 14.3. The molecule has 1 nitrogen and oxygen atoms in total. The van der Waals surface area contributed by atoms with E-state index >= 15 is 0 Å². The highest BCUT2D eigenvalue weighted by Gasteiger charge is 2.23. The molecule has 1 aliphatic rings. The van der Waals surface area contributed by atoms with Gasteiger partial charge in [-0.3, -0.25) is 0 Å². The van der Waals surface area contributed by atoms with Crippen LogP contribution in [-0.2, 0) is 0 Å². The SMILES string of the molecule is CCCCCC1CCC(c2ccc(-c3c(F)cc(OC)c(F)c3F)cc2)CC1. The molecular formula is C24H29F3O. The van der Waals surface area contributed by atoms with Crippen LogP contribution >= 0.6 is 0 Å². The Kier molecular flexibility index (Phi) is 7.03. The highest BCUT2D eigenvalue weighted by molar-refractivity contribution is 5.66. The van der Waals surface area contributed by atoms with E-state index in [1.54, 1.807) is 12.1 Å². The highest BCUT2D eigenvalue weighted by atomic mass is 19.2. The zero-order valence-corrected chi connectivity index (χ0v) is 16.7. The zero-order chi connectivity index (χ0) is 20.1. The number of hydrogen-bond donors (Lipinski definition) is 0. The topological polar surface area (TPSA) is 9.23 Å². The quantitative estimate of drug-likeness (QED) is 0.349. The Bertz CT molecular complexity index is 777. The molecule has 4 heteroatoms. The molecule has 152 valence electrons. The van der Waals surface area contributed by atoms with Crippen molar-refractivity contribution in [1.82, 2.24) is 0 Å². The van der Waals surface area contributed by atoms with Crippen LogP contribution in [0.25, 0.3) is 11.1 Å². The van der Waals surface area contributed by atoms with E-state index in [0.29, 0.717) is 11.5 Å². The van der Waals surface area contributed by atoms with Gasteiger partial charge in [0, 0.05) is 6.07 Å². The standard InChI is InChI=1S/C24H29F3O/c1-3-4-5-6-16-7-9-17(10-8-16)18-11-13-19(14-12-18)22-20(25)15-21(28-2)23(26)24(22)27/h11-17H,3-10H2,1-2H3. The van der Waals surface area contributed by atoms with Crippen LogP contribution in [0, 0.1) is 23.4 Å². The van der Waals surface area contributed by atoms with Gasteiger partial charge in [-0.1, -0.05) is 56.9 Å². The summed E-state index contributed by atoms with van der Waals surface area (Å²) in [7, 11) is 1.18. The fourth-order valence-corrected chi connectivity index (χ4v) is 4.38. The van der Waals surface area contributed by atoms with Gasteiger partial charge >= 0.3 is 0 Å². The van der Waals surface area contributed by atoms with Gasteiger partial charge in [0.2, 0.25) is 5.82 Å². The molecule has 3 rings (SSSR count). The third kappa shape index (κ3) is 4.53. The Morgan fingerprint density at radius 1 is 0.929 bits per heavy atom. The third-order valence-corrected chi connectivity index (χ3v) is 6.08. The van der Waals surface area contributed by atoms with Gasteiger partial charge in [-0.05, 0) is 48.6 Å². The number of methoxy groups -OCH3 is 1. The fourth-order valence-electron chi connectivity index (χ4n) is 4.38. The number of hydrogen-bond acceptors (Lipinski definition) is 1. The molecule has 0 N–H and O–H groups in total. The summed E-state index contributed by atoms with van der Waals surface area (Å²) in [5, 5.41) is 0. The van der Waals surface area contributed by atoms with Crippen molar-refractivity contribution < 1.29 is 17.9 Å². The summed E-state index contributed by atoms with van der Waals surface area (Å²) in [4.78, 5) is 0. The molecule has 0 bridgehead atoms. The van der Waals surface area contributed by atoms with Crippen LogP contribution in [0.15, 0.2) is 30.3 Å². The molecule has 0 radical (unpaired) electrons. The lowest BCUT2D eigenvalue weighted by atomic mass is 9.77. The average Bonchev–Trinajstić information content (AvgIpc) is 2.72. The van der Waals surface area contributed by atoms with Crippen LogP contribution in [0.3, 0.4) is 0 Å². The second-order valence-electron chi connectivity index (χ2n) is 7.90. The summed E-state index contributed by atoms with van der Waals surface area (Å²) >= 11 is 0. The predicted molar refractivity (Wildman–Crippen MR) is 107 cm³/mol. The molecule has 2 aromatic carbocycles. The van der Waals surface area contributed by atoms with Crippen molar-refractivity contribution in [3.8, 4) is 16.9 Å². The zero-order valence-electron chi connectivity index (χ0n) is 16.7. The van der Waals surface area contributed by atoms with Crippen molar-refractivity contribution in [1.29, 1.82) is 0 Å². The van der Waals surface area contributed by atoms with Crippen molar-refractivity contribution >= 4 is 0 Å². The van der Waals surface area contributed by atoms with E-state index in [-0.39, 0.29) is 5.56 Å². The minimum absolute atomic E-state index is 0.341. The first kappa shape index (κ1) is 20.8. The molecule has 0 unspecified atom stereocenters. The molecule has 0 amide bonds. The summed E-state index contributed by atoms with van der Waals surface area (Å²) in [6.07, 6.45) is 10.1. The lowest BCUT2D eigenvalue weighted by Crippen LogP contribution is -2.13. The van der Waals surface area contributed by atoms with Crippen molar-refractivity contribution in [2.24, 2.45) is 5.92 Å². The first-order valence-electron chi connectivity index (χ1n) is 10.4. The first-order valence-corrected chi connectivity index (χ1v) is 10.4. The summed E-state index contributed by atoms with van der Waals surface area (Å²) in [5.74, 6) is -2.28. The summed E-state index contributed by atoms with van der Waals surface area (Å²) in [6.45, 7) is 2.23. The van der Waals surface area contributed by atoms with Gasteiger partial charge < -0.3 is 4.74 Å². The Morgan fingerprint density at radius 3 is 2.21 bits per heavy atom. The Labute approximate surface area is 165 Å². The minimum Gasteiger partial charge on any atom is -0.493 e. The summed E-state index contributed by atoms with van der Waals surface area (Å²) in [6, 6.07) is 8.13. The van der Waals surface area contributed by atoms with Crippen LogP contribution in [0.2, 0.25) is 0 Å². The first-order chi connectivity index (χ1) is 13.5. The largest absolute Gasteiger partial charge is 0.493 e. The molecule has 2 aromatic rings. The Hall–Kier alpha value is -1.97. The van der Waals surface area contributed by atoms with Crippen LogP contribution in [0.5, 0.6) is 5.75 Å². The summed E-state index contributed by atoms with van der Waals surface area (Å²) in [5.41, 5.74) is 1.20. The molecule has 28 heavy (non-hydrogen) atoms. The molecule has 0 aromatic heterocycles. The van der Waals surface area contributed by atoms with E-state index in [0.717, 1.165) is 24.8 Å². The lowest BCUT2D eigenvalue weighted by Gasteiger charge is -2.29. The Morgan fingerprint density at radius 2 is 1.61 bits per heavy atom. The summed E-state index contributed by atoms with van der Waals surface area (Å²) < 4.78 is 47.3. The lowest BCUT2D eigenvalue weighted by molar-refractivity contribution is 0.303. The maximum Gasteiger partial charge on any atom is 0.201 e. The molecular weight excluding hydrogens is 361 g/mol. The smallest absolute Gasteiger partial charge is 0.201 e. The molecule has 0 saturated heterocycles. The van der Waals surface area contributed by atoms with E-state index in [1.165, 1.54) is 51.2 Å². The van der Waals surface area contributed by atoms with E-state index in [9.17, 15) is 13.2 Å². The van der Waals surface area contributed by atoms with Gasteiger partial charge in [-0.15, -0.1) is 0 Å². The van der Waals surface area contributed by atoms with Crippen LogP contribution in [-0.4, -0.2) is 7.11 Å². The number of ether oxygens (including phenoxy) is 1. The van der Waals surface area contributed by atoms with Crippen molar-refractivity contribution in [3.05, 3.63) is 53.3 Å². The number of halogens is 3. The number of rotatable bonds is 7. The minimum atomic E-state index is -1.21. The maximum atomic E-state index is 14.3. The molecule has 1 aliphatic carbocycles. The van der Waals surface area contributed by atoms with Crippen molar-refractivity contribution in [2.45, 2.75) is 64.2 Å². The third-order valence-electron chi connectivity index (χ3n) is 6.08. The van der Waals surface area contributed by atoms with Crippen molar-refractivity contribution in [2.75, 3.05) is 7.11 Å². The van der Waals surface area contributed by atoms with Crippen LogP contribution < -0.4 is 4.74 Å². The molecule has 0 spiro atoms. The molecule has 1 saturated carbocycles. The average molecular weight is 390 g/mol. The molecule has 0 heterocycles. The number of unbranched alkanes of at least 4 members (excludes halogenated alkanes) is 2. The van der Waals surface area contributed by atoms with Gasteiger partial charge in [-0.25, -0.2) is 8.78 Å². The van der Waals surface area contributed by atoms with E-state index < -0.39 is 23.2 Å². The normalized spacial score (nSPS) is 19.6. The second-order valence-corrected chi connectivity index (χ2v) is 7.90. The van der Waals surface area contributed by atoms with Crippen LogP contribution in [0.1, 0.15) is 69.8 Å². The van der Waals surface area contributed by atoms with Crippen molar-refractivity contribution in [3.63, 3.8) is 0 Å². The number of benzene rings is 2. The van der Waals surface area contributed by atoms with E-state index in [1.807, 2.05) is 12.1 Å². The van der Waals surface area contributed by atoms with Gasteiger partial charge in [0.25, 0.3) is 0 Å². The van der Waals surface area contributed by atoms with Gasteiger partial charge in [-0.2, -0.15) is 4.39 Å². The molecule has 0 atom stereocenters. The second kappa shape index (κ2) is 9.49. The van der Waals surface area contributed by atoms with Gasteiger partial charge in [0.05, 0.1) is 12.7 Å². The predicted octanol–water partition coefficient (Wildman–Crippen LogP) is 7.63.